The van der Waals surface area contributed by atoms with E-state index in [-0.39, 0.29) is 5.92 Å². The van der Waals surface area contributed by atoms with Crippen LogP contribution in [0.25, 0.3) is 0 Å². The van der Waals surface area contributed by atoms with Crippen molar-refractivity contribution in [3.63, 3.8) is 0 Å². The zero-order chi connectivity index (χ0) is 16.4. The van der Waals surface area contributed by atoms with Gasteiger partial charge in [-0.1, -0.05) is 30.3 Å². The Bertz CT molecular complexity index is 688. The van der Waals surface area contributed by atoms with E-state index in [1.54, 1.807) is 0 Å². The molecule has 0 aliphatic carbocycles. The lowest BCUT2D eigenvalue weighted by molar-refractivity contribution is -0.138. The average Bonchev–Trinajstić information content (AvgIpc) is 3.10. The molecule has 1 aromatic heterocycles. The van der Waals surface area contributed by atoms with E-state index in [1.807, 2.05) is 12.5 Å². The third-order valence-electron chi connectivity index (χ3n) is 5.25. The highest BCUT2D eigenvalue weighted by molar-refractivity contribution is 5.79. The number of aryl methyl sites for hydroxylation is 1. The highest BCUT2D eigenvalue weighted by atomic mass is 16.2. The van der Waals surface area contributed by atoms with E-state index in [1.165, 1.54) is 11.3 Å². The molecule has 2 aliphatic rings. The van der Waals surface area contributed by atoms with Crippen LogP contribution < -0.4 is 0 Å². The van der Waals surface area contributed by atoms with Crippen molar-refractivity contribution in [1.29, 1.82) is 0 Å². The molecule has 2 aliphatic heterocycles. The number of imidazole rings is 1. The monoisotopic (exact) mass is 324 g/mol. The maximum absolute atomic E-state index is 12.8. The summed E-state index contributed by atoms with van der Waals surface area (Å²) in [6, 6.07) is 10.6. The highest BCUT2D eigenvalue weighted by Crippen LogP contribution is 2.22. The number of carbonyl (C=O) groups is 1. The van der Waals surface area contributed by atoms with Crippen LogP contribution in [0.4, 0.5) is 0 Å². The summed E-state index contributed by atoms with van der Waals surface area (Å²) < 4.78 is 2.17. The predicted octanol–water partition coefficient (Wildman–Crippen LogP) is 1.79. The summed E-state index contributed by atoms with van der Waals surface area (Å²) in [5, 5.41) is 0. The van der Waals surface area contributed by atoms with E-state index in [0.29, 0.717) is 5.91 Å². The van der Waals surface area contributed by atoms with Gasteiger partial charge in [-0.15, -0.1) is 0 Å². The first-order valence-electron chi connectivity index (χ1n) is 8.83. The van der Waals surface area contributed by atoms with Crippen LogP contribution in [0.2, 0.25) is 0 Å². The number of carbonyl (C=O) groups excluding carboxylic acids is 1. The number of rotatable bonds is 3. The number of nitrogens with zero attached hydrogens (tertiary/aromatic N) is 4. The summed E-state index contributed by atoms with van der Waals surface area (Å²) in [5.74, 6) is 0.469. The van der Waals surface area contributed by atoms with Gasteiger partial charge in [0.2, 0.25) is 5.91 Å². The minimum atomic E-state index is 0.134. The van der Waals surface area contributed by atoms with Crippen molar-refractivity contribution in [3.8, 4) is 0 Å². The summed E-state index contributed by atoms with van der Waals surface area (Å²) in [4.78, 5) is 21.5. The molecule has 1 unspecified atom stereocenters. The zero-order valence-electron chi connectivity index (χ0n) is 14.0. The molecule has 126 valence electrons. The molecule has 0 radical (unpaired) electrons. The van der Waals surface area contributed by atoms with Gasteiger partial charge in [-0.3, -0.25) is 9.69 Å². The van der Waals surface area contributed by atoms with Crippen LogP contribution in [0, 0.1) is 5.92 Å². The van der Waals surface area contributed by atoms with Gasteiger partial charge in [0, 0.05) is 63.5 Å². The van der Waals surface area contributed by atoms with Gasteiger partial charge in [-0.05, 0) is 12.0 Å². The first-order chi connectivity index (χ1) is 11.8. The van der Waals surface area contributed by atoms with Crippen molar-refractivity contribution in [1.82, 2.24) is 19.4 Å². The second-order valence-corrected chi connectivity index (χ2v) is 6.86. The third-order valence-corrected chi connectivity index (χ3v) is 5.25. The lowest BCUT2D eigenvalue weighted by Gasteiger charge is -2.37. The van der Waals surface area contributed by atoms with Crippen molar-refractivity contribution in [2.75, 3.05) is 26.2 Å². The molecule has 2 aromatic rings. The Hall–Kier alpha value is -2.14. The molecule has 1 saturated heterocycles. The quantitative estimate of drug-likeness (QED) is 0.864. The summed E-state index contributed by atoms with van der Waals surface area (Å²) >= 11 is 0. The molecule has 5 nitrogen and oxygen atoms in total. The molecule has 0 N–H and O–H groups in total. The Kier molecular flexibility index (Phi) is 4.34. The normalized spacial score (nSPS) is 21.5. The Morgan fingerprint density at radius 2 is 1.88 bits per heavy atom. The van der Waals surface area contributed by atoms with Gasteiger partial charge in [0.25, 0.3) is 0 Å². The van der Waals surface area contributed by atoms with E-state index in [4.69, 9.17) is 0 Å². The van der Waals surface area contributed by atoms with E-state index in [0.717, 1.165) is 52.1 Å². The third kappa shape index (κ3) is 3.22. The molecule has 0 spiro atoms. The average molecular weight is 324 g/mol. The number of hydrogen-bond donors (Lipinski definition) is 0. The number of hydrogen-bond acceptors (Lipinski definition) is 3. The van der Waals surface area contributed by atoms with Crippen molar-refractivity contribution in [3.05, 3.63) is 54.1 Å². The number of piperazine rings is 1. The molecule has 1 amide bonds. The molecule has 0 saturated carbocycles. The maximum Gasteiger partial charge on any atom is 0.226 e. The molecule has 5 heteroatoms. The summed E-state index contributed by atoms with van der Waals surface area (Å²) in [5.41, 5.74) is 2.54. The van der Waals surface area contributed by atoms with Crippen molar-refractivity contribution < 1.29 is 4.79 Å². The standard InChI is InChI=1S/C19H24N4O/c24-19(17-6-7-23-15-20-13-18(23)12-17)22-10-8-21(9-11-22)14-16-4-2-1-3-5-16/h1-5,13,15,17H,6-12,14H2. The van der Waals surface area contributed by atoms with E-state index >= 15 is 0 Å². The predicted molar refractivity (Wildman–Crippen MR) is 92.3 cm³/mol. The van der Waals surface area contributed by atoms with Crippen LogP contribution in [0.5, 0.6) is 0 Å². The topological polar surface area (TPSA) is 41.4 Å². The van der Waals surface area contributed by atoms with Gasteiger partial charge >= 0.3 is 0 Å². The van der Waals surface area contributed by atoms with Crippen LogP contribution in [0.1, 0.15) is 17.7 Å². The van der Waals surface area contributed by atoms with Crippen molar-refractivity contribution in [2.45, 2.75) is 25.9 Å². The molecule has 3 heterocycles. The van der Waals surface area contributed by atoms with E-state index < -0.39 is 0 Å². The van der Waals surface area contributed by atoms with Crippen molar-refractivity contribution in [2.24, 2.45) is 5.92 Å². The lowest BCUT2D eigenvalue weighted by atomic mass is 9.94. The van der Waals surface area contributed by atoms with Gasteiger partial charge < -0.3 is 9.47 Å². The number of fused-ring (bicyclic) bond motifs is 1. The zero-order valence-corrected chi connectivity index (χ0v) is 14.0. The molecule has 24 heavy (non-hydrogen) atoms. The van der Waals surface area contributed by atoms with E-state index in [2.05, 4.69) is 49.7 Å². The Labute approximate surface area is 142 Å². The van der Waals surface area contributed by atoms with Crippen LogP contribution in [0.3, 0.4) is 0 Å². The Morgan fingerprint density at radius 1 is 1.08 bits per heavy atom. The summed E-state index contributed by atoms with van der Waals surface area (Å²) in [6.07, 6.45) is 5.55. The Morgan fingerprint density at radius 3 is 2.67 bits per heavy atom. The largest absolute Gasteiger partial charge is 0.340 e. The van der Waals surface area contributed by atoms with Gasteiger partial charge in [0.1, 0.15) is 0 Å². The number of aromatic nitrogens is 2. The number of benzene rings is 1. The van der Waals surface area contributed by atoms with Gasteiger partial charge in [0.05, 0.1) is 6.33 Å². The fraction of sp³-hybridized carbons (Fsp3) is 0.474. The first kappa shape index (κ1) is 15.4. The molecular weight excluding hydrogens is 300 g/mol. The lowest BCUT2D eigenvalue weighted by Crippen LogP contribution is -2.50. The van der Waals surface area contributed by atoms with Gasteiger partial charge in [-0.2, -0.15) is 0 Å². The molecule has 1 fully saturated rings. The van der Waals surface area contributed by atoms with Crippen LogP contribution in [-0.4, -0.2) is 51.4 Å². The minimum absolute atomic E-state index is 0.134. The first-order valence-corrected chi connectivity index (χ1v) is 8.83. The Balaban J connectivity index is 1.30. The van der Waals surface area contributed by atoms with Crippen LogP contribution in [-0.2, 0) is 24.3 Å². The second kappa shape index (κ2) is 6.77. The minimum Gasteiger partial charge on any atom is -0.340 e. The molecular formula is C19H24N4O. The molecule has 1 aromatic carbocycles. The van der Waals surface area contributed by atoms with Gasteiger partial charge in [0.15, 0.2) is 0 Å². The molecule has 0 bridgehead atoms. The van der Waals surface area contributed by atoms with E-state index in [9.17, 15) is 4.79 Å². The SMILES string of the molecule is O=C(C1CCn2cncc2C1)N1CCN(Cc2ccccc2)CC1. The van der Waals surface area contributed by atoms with Crippen LogP contribution >= 0.6 is 0 Å². The fourth-order valence-electron chi connectivity index (χ4n) is 3.81. The fourth-order valence-corrected chi connectivity index (χ4v) is 3.81. The summed E-state index contributed by atoms with van der Waals surface area (Å²) in [7, 11) is 0. The highest BCUT2D eigenvalue weighted by Gasteiger charge is 2.30. The van der Waals surface area contributed by atoms with Gasteiger partial charge in [-0.25, -0.2) is 4.98 Å². The smallest absolute Gasteiger partial charge is 0.226 e. The maximum atomic E-state index is 12.8. The number of amides is 1. The molecule has 4 rings (SSSR count). The van der Waals surface area contributed by atoms with Crippen LogP contribution in [0.15, 0.2) is 42.9 Å². The molecule has 1 atom stereocenters. The summed E-state index contributed by atoms with van der Waals surface area (Å²) in [6.45, 7) is 5.52. The van der Waals surface area contributed by atoms with Crippen molar-refractivity contribution >= 4 is 5.91 Å². The second-order valence-electron chi connectivity index (χ2n) is 6.86.